The summed E-state index contributed by atoms with van der Waals surface area (Å²) in [6.45, 7) is 0.804. The van der Waals surface area contributed by atoms with Gasteiger partial charge in [0, 0.05) is 18.4 Å². The van der Waals surface area contributed by atoms with Crippen LogP contribution >= 0.6 is 23.2 Å². The van der Waals surface area contributed by atoms with E-state index in [-0.39, 0.29) is 11.6 Å². The number of carbonyl (C=O) groups excluding carboxylic acids is 1. The molecule has 0 atom stereocenters. The average molecular weight is 399 g/mol. The second-order valence-electron chi connectivity index (χ2n) is 6.18. The molecule has 0 radical (unpaired) electrons. The SMILES string of the molecule is O=C(Nc1c(Cl)cccc1Cl)c1ccnc(N2CCCc3ccccc32)n1. The predicted octanol–water partition coefficient (Wildman–Crippen LogP) is 5.12. The largest absolute Gasteiger partial charge is 0.318 e. The van der Waals surface area contributed by atoms with Crippen molar-refractivity contribution >= 4 is 46.4 Å². The van der Waals surface area contributed by atoms with E-state index >= 15 is 0 Å². The predicted molar refractivity (Wildman–Crippen MR) is 108 cm³/mol. The first-order chi connectivity index (χ1) is 13.1. The van der Waals surface area contributed by atoms with Crippen LogP contribution in [-0.4, -0.2) is 22.4 Å². The lowest BCUT2D eigenvalue weighted by molar-refractivity contribution is 0.102. The van der Waals surface area contributed by atoms with Crippen LogP contribution in [0.3, 0.4) is 0 Å². The number of para-hydroxylation sites is 2. The van der Waals surface area contributed by atoms with E-state index in [2.05, 4.69) is 21.4 Å². The molecule has 3 aromatic rings. The normalized spacial score (nSPS) is 13.2. The number of amides is 1. The number of halogens is 2. The third kappa shape index (κ3) is 3.61. The summed E-state index contributed by atoms with van der Waals surface area (Å²) in [4.78, 5) is 23.5. The van der Waals surface area contributed by atoms with Gasteiger partial charge in [-0.15, -0.1) is 0 Å². The number of carbonyl (C=O) groups is 1. The fourth-order valence-electron chi connectivity index (χ4n) is 3.14. The summed E-state index contributed by atoms with van der Waals surface area (Å²) < 4.78 is 0. The zero-order valence-corrected chi connectivity index (χ0v) is 15.8. The summed E-state index contributed by atoms with van der Waals surface area (Å²) in [5, 5.41) is 3.47. The highest BCUT2D eigenvalue weighted by atomic mass is 35.5. The summed E-state index contributed by atoms with van der Waals surface area (Å²) in [6.07, 6.45) is 3.62. The zero-order chi connectivity index (χ0) is 18.8. The maximum absolute atomic E-state index is 12.7. The monoisotopic (exact) mass is 398 g/mol. The van der Waals surface area contributed by atoms with Crippen molar-refractivity contribution in [1.82, 2.24) is 9.97 Å². The highest BCUT2D eigenvalue weighted by Crippen LogP contribution is 2.32. The number of hydrogen-bond donors (Lipinski definition) is 1. The quantitative estimate of drug-likeness (QED) is 0.664. The van der Waals surface area contributed by atoms with Crippen molar-refractivity contribution in [1.29, 1.82) is 0 Å². The van der Waals surface area contributed by atoms with Gasteiger partial charge in [0.05, 0.1) is 15.7 Å². The van der Waals surface area contributed by atoms with Gasteiger partial charge >= 0.3 is 0 Å². The molecule has 1 aliphatic heterocycles. The summed E-state index contributed by atoms with van der Waals surface area (Å²) in [5.41, 5.74) is 2.95. The van der Waals surface area contributed by atoms with Gasteiger partial charge in [0.25, 0.3) is 5.91 Å². The van der Waals surface area contributed by atoms with Crippen molar-refractivity contribution in [3.63, 3.8) is 0 Å². The van der Waals surface area contributed by atoms with Crippen LogP contribution in [0.1, 0.15) is 22.5 Å². The lowest BCUT2D eigenvalue weighted by Gasteiger charge is -2.29. The first kappa shape index (κ1) is 17.8. The van der Waals surface area contributed by atoms with E-state index in [1.807, 2.05) is 23.1 Å². The second kappa shape index (κ2) is 7.55. The average Bonchev–Trinajstić information content (AvgIpc) is 2.70. The Labute approximate surface area is 167 Å². The van der Waals surface area contributed by atoms with E-state index < -0.39 is 0 Å². The highest BCUT2D eigenvalue weighted by molar-refractivity contribution is 6.40. The minimum absolute atomic E-state index is 0.249. The molecule has 0 unspecified atom stereocenters. The van der Waals surface area contributed by atoms with Crippen molar-refractivity contribution in [3.8, 4) is 0 Å². The van der Waals surface area contributed by atoms with Crippen molar-refractivity contribution in [2.75, 3.05) is 16.8 Å². The Balaban J connectivity index is 1.63. The molecule has 5 nitrogen and oxygen atoms in total. The number of aryl methyl sites for hydroxylation is 1. The molecule has 1 amide bonds. The van der Waals surface area contributed by atoms with Crippen LogP contribution in [-0.2, 0) is 6.42 Å². The molecule has 1 N–H and O–H groups in total. The molecule has 1 aromatic heterocycles. The number of hydrogen-bond acceptors (Lipinski definition) is 4. The number of nitrogens with one attached hydrogen (secondary N) is 1. The molecule has 1 aliphatic rings. The number of benzene rings is 2. The van der Waals surface area contributed by atoms with E-state index in [4.69, 9.17) is 23.2 Å². The first-order valence-electron chi connectivity index (χ1n) is 8.57. The first-order valence-corrected chi connectivity index (χ1v) is 9.33. The van der Waals surface area contributed by atoms with Gasteiger partial charge in [0.15, 0.2) is 0 Å². The number of aromatic nitrogens is 2. The van der Waals surface area contributed by atoms with Crippen LogP contribution in [0.4, 0.5) is 17.3 Å². The molecule has 27 heavy (non-hydrogen) atoms. The van der Waals surface area contributed by atoms with E-state index in [1.54, 1.807) is 30.5 Å². The highest BCUT2D eigenvalue weighted by Gasteiger charge is 2.21. The lowest BCUT2D eigenvalue weighted by Crippen LogP contribution is -2.27. The lowest BCUT2D eigenvalue weighted by atomic mass is 10.0. The molecular formula is C20H16Cl2N4O. The Kier molecular flexibility index (Phi) is 4.97. The topological polar surface area (TPSA) is 58.1 Å². The van der Waals surface area contributed by atoms with Crippen molar-refractivity contribution in [2.45, 2.75) is 12.8 Å². The van der Waals surface area contributed by atoms with Gasteiger partial charge in [-0.2, -0.15) is 0 Å². The summed E-state index contributed by atoms with van der Waals surface area (Å²) >= 11 is 12.3. The Morgan fingerprint density at radius 3 is 2.63 bits per heavy atom. The van der Waals surface area contributed by atoms with Crippen molar-refractivity contribution < 1.29 is 4.79 Å². The molecule has 0 aliphatic carbocycles. The number of fused-ring (bicyclic) bond motifs is 1. The minimum atomic E-state index is -0.390. The zero-order valence-electron chi connectivity index (χ0n) is 14.3. The maximum Gasteiger partial charge on any atom is 0.274 e. The fourth-order valence-corrected chi connectivity index (χ4v) is 3.63. The Morgan fingerprint density at radius 2 is 1.81 bits per heavy atom. The van der Waals surface area contributed by atoms with Gasteiger partial charge in [-0.3, -0.25) is 4.79 Å². The number of rotatable bonds is 3. The molecule has 0 fully saturated rings. The summed E-state index contributed by atoms with van der Waals surface area (Å²) in [7, 11) is 0. The Hall–Kier alpha value is -2.63. The van der Waals surface area contributed by atoms with Gasteiger partial charge in [0.2, 0.25) is 5.95 Å². The van der Waals surface area contributed by atoms with E-state index in [9.17, 15) is 4.79 Å². The van der Waals surface area contributed by atoms with Crippen molar-refractivity contribution in [2.24, 2.45) is 0 Å². The number of anilines is 3. The van der Waals surface area contributed by atoms with Crippen LogP contribution in [0.5, 0.6) is 0 Å². The van der Waals surface area contributed by atoms with Gasteiger partial charge in [0.1, 0.15) is 5.69 Å². The molecule has 0 spiro atoms. The molecule has 0 bridgehead atoms. The standard InChI is InChI=1S/C20H16Cl2N4O/c21-14-7-3-8-15(22)18(14)25-19(27)16-10-11-23-20(24-16)26-12-4-6-13-5-1-2-9-17(13)26/h1-3,5,7-11H,4,6,12H2,(H,25,27). The Bertz CT molecular complexity index is 989. The van der Waals surface area contributed by atoms with Crippen LogP contribution in [0.15, 0.2) is 54.7 Å². The third-order valence-electron chi connectivity index (χ3n) is 4.43. The van der Waals surface area contributed by atoms with E-state index in [1.165, 1.54) is 5.56 Å². The summed E-state index contributed by atoms with van der Waals surface area (Å²) in [6, 6.07) is 14.8. The van der Waals surface area contributed by atoms with Gasteiger partial charge < -0.3 is 10.2 Å². The van der Waals surface area contributed by atoms with Crippen LogP contribution in [0.25, 0.3) is 0 Å². The fraction of sp³-hybridized carbons (Fsp3) is 0.150. The molecule has 0 saturated heterocycles. The number of nitrogens with zero attached hydrogens (tertiary/aromatic N) is 3. The summed E-state index contributed by atoms with van der Waals surface area (Å²) in [5.74, 6) is 0.110. The minimum Gasteiger partial charge on any atom is -0.318 e. The van der Waals surface area contributed by atoms with E-state index in [0.717, 1.165) is 25.1 Å². The van der Waals surface area contributed by atoms with Gasteiger partial charge in [-0.1, -0.05) is 47.5 Å². The second-order valence-corrected chi connectivity index (χ2v) is 6.99. The Morgan fingerprint density at radius 1 is 1.04 bits per heavy atom. The van der Waals surface area contributed by atoms with Crippen LogP contribution in [0.2, 0.25) is 10.0 Å². The van der Waals surface area contributed by atoms with Gasteiger partial charge in [-0.05, 0) is 42.7 Å². The molecular weight excluding hydrogens is 383 g/mol. The van der Waals surface area contributed by atoms with Crippen LogP contribution in [0, 0.1) is 0 Å². The molecule has 7 heteroatoms. The molecule has 2 heterocycles. The smallest absolute Gasteiger partial charge is 0.274 e. The van der Waals surface area contributed by atoms with Crippen molar-refractivity contribution in [3.05, 3.63) is 76.0 Å². The molecule has 4 rings (SSSR count). The molecule has 136 valence electrons. The maximum atomic E-state index is 12.7. The van der Waals surface area contributed by atoms with Crippen LogP contribution < -0.4 is 10.2 Å². The molecule has 2 aromatic carbocycles. The third-order valence-corrected chi connectivity index (χ3v) is 5.06. The van der Waals surface area contributed by atoms with Gasteiger partial charge in [-0.25, -0.2) is 9.97 Å². The van der Waals surface area contributed by atoms with E-state index in [0.29, 0.717) is 21.7 Å². The molecule has 0 saturated carbocycles.